The van der Waals surface area contributed by atoms with Crippen molar-refractivity contribution in [2.75, 3.05) is 18.5 Å². The molecule has 26 heavy (non-hydrogen) atoms. The van der Waals surface area contributed by atoms with Crippen LogP contribution < -0.4 is 10.2 Å². The number of hydrogen-bond donors (Lipinski definition) is 1. The van der Waals surface area contributed by atoms with Crippen molar-refractivity contribution < 1.29 is 9.21 Å². The Balaban J connectivity index is 1.68. The summed E-state index contributed by atoms with van der Waals surface area (Å²) in [5.41, 5.74) is 1.67. The summed E-state index contributed by atoms with van der Waals surface area (Å²) in [7, 11) is 1.81. The molecule has 1 N–H and O–H groups in total. The first kappa shape index (κ1) is 18.0. The summed E-state index contributed by atoms with van der Waals surface area (Å²) in [4.78, 5) is 18.6. The number of carbonyl (C=O) groups excluding carboxylic acids is 1. The molecule has 0 aromatic carbocycles. The molecule has 0 saturated heterocycles. The lowest BCUT2D eigenvalue weighted by Crippen LogP contribution is -2.40. The fourth-order valence-electron chi connectivity index (χ4n) is 3.53. The molecule has 136 valence electrons. The van der Waals surface area contributed by atoms with Crippen molar-refractivity contribution in [1.82, 2.24) is 10.3 Å². The molecule has 1 amide bonds. The van der Waals surface area contributed by atoms with Crippen LogP contribution in [0.15, 0.2) is 28.8 Å². The van der Waals surface area contributed by atoms with Crippen LogP contribution in [-0.2, 0) is 11.2 Å². The van der Waals surface area contributed by atoms with Gasteiger partial charge in [-0.25, -0.2) is 4.98 Å². The Hall–Kier alpha value is -2.81. The molecule has 2 heterocycles. The van der Waals surface area contributed by atoms with Gasteiger partial charge in [0.25, 0.3) is 0 Å². The molecular weight excluding hydrogens is 328 g/mol. The van der Waals surface area contributed by atoms with Crippen molar-refractivity contribution in [3.05, 3.63) is 47.0 Å². The van der Waals surface area contributed by atoms with E-state index in [1.54, 1.807) is 17.0 Å². The van der Waals surface area contributed by atoms with Crippen LogP contribution in [0.3, 0.4) is 0 Å². The van der Waals surface area contributed by atoms with Gasteiger partial charge in [-0.15, -0.1) is 0 Å². The molecule has 0 fully saturated rings. The number of anilines is 1. The third-order valence-electron chi connectivity index (χ3n) is 4.72. The largest absolute Gasteiger partial charge is 0.466 e. The maximum absolute atomic E-state index is 12.6. The van der Waals surface area contributed by atoms with E-state index in [4.69, 9.17) is 9.68 Å². The highest BCUT2D eigenvalue weighted by Crippen LogP contribution is 2.41. The Morgan fingerprint density at radius 2 is 2.27 bits per heavy atom. The van der Waals surface area contributed by atoms with Crippen molar-refractivity contribution >= 4 is 11.7 Å². The lowest BCUT2D eigenvalue weighted by molar-refractivity contribution is -0.120. The molecule has 6 nitrogen and oxygen atoms in total. The monoisotopic (exact) mass is 352 g/mol. The summed E-state index contributed by atoms with van der Waals surface area (Å²) in [5, 5.41) is 12.0. The maximum Gasteiger partial charge on any atom is 0.240 e. The lowest BCUT2D eigenvalue weighted by Gasteiger charge is -2.35. The van der Waals surface area contributed by atoms with E-state index in [2.05, 4.69) is 24.1 Å². The summed E-state index contributed by atoms with van der Waals surface area (Å²) in [5.74, 6) is 2.45. The number of likely N-dealkylation sites (N-methyl/N-ethyl adjacent to an activating group) is 1. The van der Waals surface area contributed by atoms with Gasteiger partial charge >= 0.3 is 0 Å². The Bertz CT molecular complexity index is 846. The lowest BCUT2D eigenvalue weighted by atomic mass is 9.74. The van der Waals surface area contributed by atoms with Crippen LogP contribution in [-0.4, -0.2) is 24.5 Å². The summed E-state index contributed by atoms with van der Waals surface area (Å²) in [6.45, 7) is 6.52. The predicted molar refractivity (Wildman–Crippen MR) is 98.7 cm³/mol. The van der Waals surface area contributed by atoms with Crippen molar-refractivity contribution in [2.24, 2.45) is 5.41 Å². The molecule has 0 spiro atoms. The second-order valence-corrected chi connectivity index (χ2v) is 7.77. The van der Waals surface area contributed by atoms with E-state index in [1.165, 1.54) is 6.20 Å². The van der Waals surface area contributed by atoms with E-state index < -0.39 is 0 Å². The third-order valence-corrected chi connectivity index (χ3v) is 4.72. The molecule has 6 heteroatoms. The van der Waals surface area contributed by atoms with Crippen LogP contribution in [0.25, 0.3) is 0 Å². The number of carbonyl (C=O) groups is 1. The number of nitrogens with one attached hydrogen (secondary N) is 1. The molecule has 0 radical (unpaired) electrons. The molecule has 0 bridgehead atoms. The van der Waals surface area contributed by atoms with Crippen LogP contribution >= 0.6 is 0 Å². The van der Waals surface area contributed by atoms with Gasteiger partial charge in [0.1, 0.15) is 23.4 Å². The highest BCUT2D eigenvalue weighted by Gasteiger charge is 2.35. The number of aryl methyl sites for hydroxylation is 1. The Kier molecular flexibility index (Phi) is 4.73. The van der Waals surface area contributed by atoms with Crippen LogP contribution in [0.1, 0.15) is 49.0 Å². The maximum atomic E-state index is 12.6. The highest BCUT2D eigenvalue weighted by atomic mass is 16.3. The van der Waals surface area contributed by atoms with Crippen LogP contribution in [0.4, 0.5) is 5.82 Å². The molecule has 1 atom stereocenters. The van der Waals surface area contributed by atoms with Crippen LogP contribution in [0.5, 0.6) is 0 Å². The molecule has 2 aromatic heterocycles. The third kappa shape index (κ3) is 3.88. The zero-order chi connectivity index (χ0) is 18.9. The van der Waals surface area contributed by atoms with Gasteiger partial charge in [-0.1, -0.05) is 13.8 Å². The smallest absolute Gasteiger partial charge is 0.240 e. The van der Waals surface area contributed by atoms with E-state index in [-0.39, 0.29) is 23.9 Å². The topological polar surface area (TPSA) is 82.2 Å². The minimum absolute atomic E-state index is 0.0407. The zero-order valence-electron chi connectivity index (χ0n) is 15.7. The number of pyridine rings is 1. The Morgan fingerprint density at radius 1 is 1.50 bits per heavy atom. The molecule has 2 aromatic rings. The molecular formula is C20H24N4O2. The summed E-state index contributed by atoms with van der Waals surface area (Å²) < 4.78 is 5.83. The van der Waals surface area contributed by atoms with Gasteiger partial charge in [0.2, 0.25) is 5.91 Å². The Labute approximate surface area is 153 Å². The van der Waals surface area contributed by atoms with E-state index in [1.807, 2.05) is 26.1 Å². The fourth-order valence-corrected chi connectivity index (χ4v) is 3.53. The standard InChI is InChI=1S/C20H24N4O2/c1-13-7-15-16(8-20(2,3)9-17(15)26-13)23-19(25)12-24(4)18-6-5-14(10-21)11-22-18/h5-7,11,16H,8-9,12H2,1-4H3,(H,23,25)/t16-/m1/s1. The van der Waals surface area contributed by atoms with Gasteiger partial charge in [0.05, 0.1) is 18.2 Å². The summed E-state index contributed by atoms with van der Waals surface area (Å²) in [6.07, 6.45) is 3.27. The molecule has 1 aliphatic rings. The van der Waals surface area contributed by atoms with Crippen LogP contribution in [0, 0.1) is 23.7 Å². The number of fused-ring (bicyclic) bond motifs is 1. The van der Waals surface area contributed by atoms with Gasteiger partial charge < -0.3 is 14.6 Å². The van der Waals surface area contributed by atoms with E-state index >= 15 is 0 Å². The van der Waals surface area contributed by atoms with Crippen molar-refractivity contribution in [3.63, 3.8) is 0 Å². The number of aromatic nitrogens is 1. The van der Waals surface area contributed by atoms with Gasteiger partial charge in [-0.05, 0) is 37.0 Å². The van der Waals surface area contributed by atoms with Crippen molar-refractivity contribution in [2.45, 2.75) is 39.7 Å². The van der Waals surface area contributed by atoms with Crippen LogP contribution in [0.2, 0.25) is 0 Å². The number of amides is 1. The zero-order valence-corrected chi connectivity index (χ0v) is 15.7. The number of furan rings is 1. The number of hydrogen-bond acceptors (Lipinski definition) is 5. The molecule has 3 rings (SSSR count). The van der Waals surface area contributed by atoms with E-state index in [9.17, 15) is 4.79 Å². The SMILES string of the molecule is Cc1cc2c(o1)CC(C)(C)C[C@H]2NC(=O)CN(C)c1ccc(C#N)cn1. The number of rotatable bonds is 4. The molecule has 0 aliphatic heterocycles. The molecule has 0 saturated carbocycles. The van der Waals surface area contributed by atoms with E-state index in [0.29, 0.717) is 11.4 Å². The van der Waals surface area contributed by atoms with Crippen molar-refractivity contribution in [1.29, 1.82) is 5.26 Å². The minimum Gasteiger partial charge on any atom is -0.466 e. The second kappa shape index (κ2) is 6.83. The van der Waals surface area contributed by atoms with Gasteiger partial charge in [-0.2, -0.15) is 5.26 Å². The average molecular weight is 352 g/mol. The first-order chi connectivity index (χ1) is 12.3. The average Bonchev–Trinajstić information content (AvgIpc) is 2.93. The normalized spacial score (nSPS) is 17.9. The van der Waals surface area contributed by atoms with E-state index in [0.717, 1.165) is 29.9 Å². The van der Waals surface area contributed by atoms with Gasteiger partial charge in [-0.3, -0.25) is 4.79 Å². The number of nitriles is 1. The fraction of sp³-hybridized carbons (Fsp3) is 0.450. The summed E-state index contributed by atoms with van der Waals surface area (Å²) >= 11 is 0. The molecule has 0 unspecified atom stereocenters. The molecule has 1 aliphatic carbocycles. The predicted octanol–water partition coefficient (Wildman–Crippen LogP) is 3.12. The highest BCUT2D eigenvalue weighted by molar-refractivity contribution is 5.81. The van der Waals surface area contributed by atoms with Crippen molar-refractivity contribution in [3.8, 4) is 6.07 Å². The minimum atomic E-state index is -0.0637. The van der Waals surface area contributed by atoms with Gasteiger partial charge in [0.15, 0.2) is 0 Å². The first-order valence-corrected chi connectivity index (χ1v) is 8.73. The second-order valence-electron chi connectivity index (χ2n) is 7.77. The quantitative estimate of drug-likeness (QED) is 0.914. The first-order valence-electron chi connectivity index (χ1n) is 8.73. The Morgan fingerprint density at radius 3 is 2.92 bits per heavy atom. The summed E-state index contributed by atoms with van der Waals surface area (Å²) in [6, 6.07) is 7.46. The van der Waals surface area contributed by atoms with Gasteiger partial charge in [0, 0.05) is 25.2 Å². The number of nitrogens with zero attached hydrogens (tertiary/aromatic N) is 3.